The monoisotopic (exact) mass is 431 g/mol. The molecule has 10 heteroatoms. The maximum absolute atomic E-state index is 13.6. The number of benzene rings is 2. The van der Waals surface area contributed by atoms with Crippen LogP contribution in [-0.4, -0.2) is 22.3 Å². The molecule has 0 unspecified atom stereocenters. The van der Waals surface area contributed by atoms with Gasteiger partial charge in [-0.25, -0.2) is 14.6 Å². The molecule has 0 aliphatic heterocycles. The summed E-state index contributed by atoms with van der Waals surface area (Å²) in [5.41, 5.74) is 0.515. The van der Waals surface area contributed by atoms with Crippen LogP contribution < -0.4 is 10.9 Å². The number of nitrogens with one attached hydrogen (secondary N) is 1. The lowest BCUT2D eigenvalue weighted by atomic mass is 10.1. The zero-order valence-corrected chi connectivity index (χ0v) is 16.2. The first-order chi connectivity index (χ1) is 14.8. The van der Waals surface area contributed by atoms with Gasteiger partial charge in [0, 0.05) is 23.2 Å². The number of halogens is 3. The van der Waals surface area contributed by atoms with E-state index in [4.69, 9.17) is 9.15 Å². The molecule has 0 radical (unpaired) electrons. The van der Waals surface area contributed by atoms with E-state index in [-0.39, 0.29) is 29.8 Å². The van der Waals surface area contributed by atoms with Crippen molar-refractivity contribution in [1.29, 1.82) is 0 Å². The minimum Gasteiger partial charge on any atom is -0.450 e. The fraction of sp³-hybridized carbons (Fsp3) is 0.190. The zero-order chi connectivity index (χ0) is 22.2. The normalized spacial score (nSPS) is 11.7. The third-order valence-corrected chi connectivity index (χ3v) is 4.59. The molecule has 2 heterocycles. The van der Waals surface area contributed by atoms with Crippen molar-refractivity contribution in [2.24, 2.45) is 0 Å². The van der Waals surface area contributed by atoms with Gasteiger partial charge in [-0.2, -0.15) is 13.2 Å². The second-order valence-electron chi connectivity index (χ2n) is 6.66. The lowest BCUT2D eigenvalue weighted by Crippen LogP contribution is -2.16. The van der Waals surface area contributed by atoms with Gasteiger partial charge in [0.05, 0.1) is 24.2 Å². The maximum Gasteiger partial charge on any atom is 0.449 e. The molecule has 4 aromatic rings. The Morgan fingerprint density at radius 2 is 1.97 bits per heavy atom. The van der Waals surface area contributed by atoms with Crippen molar-refractivity contribution in [3.63, 3.8) is 0 Å². The Kier molecular flexibility index (Phi) is 5.14. The molecule has 31 heavy (non-hydrogen) atoms. The number of imidazole rings is 1. The van der Waals surface area contributed by atoms with Crippen molar-refractivity contribution in [1.82, 2.24) is 9.55 Å². The van der Waals surface area contributed by atoms with E-state index in [9.17, 15) is 22.8 Å². The summed E-state index contributed by atoms with van der Waals surface area (Å²) in [5, 5.41) is 2.92. The zero-order valence-electron chi connectivity index (χ0n) is 16.2. The Hall–Kier alpha value is -3.82. The van der Waals surface area contributed by atoms with E-state index in [1.165, 1.54) is 18.2 Å². The Morgan fingerprint density at radius 3 is 2.71 bits per heavy atom. The van der Waals surface area contributed by atoms with E-state index in [2.05, 4.69) is 10.3 Å². The van der Waals surface area contributed by atoms with Crippen LogP contribution >= 0.6 is 0 Å². The van der Waals surface area contributed by atoms with Gasteiger partial charge in [0.25, 0.3) is 0 Å². The van der Waals surface area contributed by atoms with Crippen LogP contribution in [0.3, 0.4) is 0 Å². The maximum atomic E-state index is 13.6. The van der Waals surface area contributed by atoms with Gasteiger partial charge in [-0.3, -0.25) is 5.32 Å². The molecule has 0 aliphatic rings. The molecule has 4 rings (SSSR count). The SMILES string of the molecule is CCOC(=O)Nc1ccc2c(Cn3c(C(F)(F)F)nc4ccccc43)cc(=O)oc2c1. The molecule has 160 valence electrons. The van der Waals surface area contributed by atoms with Crippen LogP contribution in [-0.2, 0) is 17.5 Å². The Balaban J connectivity index is 1.81. The average molecular weight is 431 g/mol. The minimum absolute atomic E-state index is 0.120. The number of rotatable bonds is 4. The topological polar surface area (TPSA) is 86.4 Å². The highest BCUT2D eigenvalue weighted by atomic mass is 19.4. The van der Waals surface area contributed by atoms with Crippen molar-refractivity contribution < 1.29 is 27.1 Å². The molecular formula is C21H16F3N3O4. The number of anilines is 1. The van der Waals surface area contributed by atoms with Crippen LogP contribution in [0.25, 0.3) is 22.0 Å². The highest BCUT2D eigenvalue weighted by Crippen LogP contribution is 2.33. The van der Waals surface area contributed by atoms with E-state index < -0.39 is 23.7 Å². The molecule has 7 nitrogen and oxygen atoms in total. The largest absolute Gasteiger partial charge is 0.450 e. The van der Waals surface area contributed by atoms with Gasteiger partial charge in [-0.05, 0) is 36.8 Å². The Labute approximate surface area is 173 Å². The summed E-state index contributed by atoms with van der Waals surface area (Å²) in [4.78, 5) is 27.4. The van der Waals surface area contributed by atoms with Crippen LogP contribution in [0, 0.1) is 0 Å². The number of amides is 1. The van der Waals surface area contributed by atoms with Crippen molar-refractivity contribution in [3.8, 4) is 0 Å². The van der Waals surface area contributed by atoms with Crippen molar-refractivity contribution >= 4 is 33.8 Å². The van der Waals surface area contributed by atoms with Crippen LogP contribution in [0.4, 0.5) is 23.7 Å². The third kappa shape index (κ3) is 4.09. The molecule has 0 atom stereocenters. The summed E-state index contributed by atoms with van der Waals surface area (Å²) in [6, 6.07) is 11.9. The fourth-order valence-corrected chi connectivity index (χ4v) is 3.35. The summed E-state index contributed by atoms with van der Waals surface area (Å²) in [7, 11) is 0. The van der Waals surface area contributed by atoms with Gasteiger partial charge < -0.3 is 13.7 Å². The van der Waals surface area contributed by atoms with Crippen molar-refractivity contribution in [2.75, 3.05) is 11.9 Å². The van der Waals surface area contributed by atoms with Gasteiger partial charge in [0.2, 0.25) is 5.82 Å². The second kappa shape index (κ2) is 7.78. The van der Waals surface area contributed by atoms with E-state index in [0.717, 1.165) is 10.6 Å². The molecule has 2 aromatic carbocycles. The molecule has 0 fully saturated rings. The van der Waals surface area contributed by atoms with Gasteiger partial charge in [0.15, 0.2) is 0 Å². The standard InChI is InChI=1S/C21H16F3N3O4/c1-2-30-20(29)25-13-7-8-14-12(9-18(28)31-17(14)10-13)11-27-16-6-4-3-5-15(16)26-19(27)21(22,23)24/h3-10H,2,11H2,1H3,(H,25,29). The van der Waals surface area contributed by atoms with Crippen LogP contribution in [0.1, 0.15) is 18.3 Å². The Bertz CT molecular complexity index is 1340. The lowest BCUT2D eigenvalue weighted by molar-refractivity contribution is -0.146. The van der Waals surface area contributed by atoms with E-state index >= 15 is 0 Å². The van der Waals surface area contributed by atoms with Gasteiger partial charge in [-0.15, -0.1) is 0 Å². The lowest BCUT2D eigenvalue weighted by Gasteiger charge is -2.13. The van der Waals surface area contributed by atoms with E-state index in [1.807, 2.05) is 0 Å². The van der Waals surface area contributed by atoms with Crippen LogP contribution in [0.15, 0.2) is 57.7 Å². The van der Waals surface area contributed by atoms with Gasteiger partial charge in [-0.1, -0.05) is 12.1 Å². The number of nitrogens with zero attached hydrogens (tertiary/aromatic N) is 2. The molecule has 2 aromatic heterocycles. The molecule has 0 bridgehead atoms. The number of alkyl halides is 3. The van der Waals surface area contributed by atoms with E-state index in [1.54, 1.807) is 31.2 Å². The first-order valence-electron chi connectivity index (χ1n) is 9.29. The quantitative estimate of drug-likeness (QED) is 0.470. The van der Waals surface area contributed by atoms with Gasteiger partial charge >= 0.3 is 17.9 Å². The first-order valence-corrected chi connectivity index (χ1v) is 9.29. The molecule has 0 spiro atoms. The fourth-order valence-electron chi connectivity index (χ4n) is 3.35. The number of ether oxygens (including phenoxy) is 1. The number of hydrogen-bond acceptors (Lipinski definition) is 5. The molecule has 0 saturated heterocycles. The number of aromatic nitrogens is 2. The number of hydrogen-bond donors (Lipinski definition) is 1. The molecular weight excluding hydrogens is 415 g/mol. The summed E-state index contributed by atoms with van der Waals surface area (Å²) in [6.07, 6.45) is -5.36. The van der Waals surface area contributed by atoms with Gasteiger partial charge in [0.1, 0.15) is 5.58 Å². The average Bonchev–Trinajstić information content (AvgIpc) is 3.07. The van der Waals surface area contributed by atoms with Crippen LogP contribution in [0.2, 0.25) is 0 Å². The number of carbonyl (C=O) groups excluding carboxylic acids is 1. The number of carbonyl (C=O) groups is 1. The summed E-state index contributed by atoms with van der Waals surface area (Å²) in [6.45, 7) is 1.58. The third-order valence-electron chi connectivity index (χ3n) is 4.59. The Morgan fingerprint density at radius 1 is 1.19 bits per heavy atom. The number of fused-ring (bicyclic) bond motifs is 2. The predicted octanol–water partition coefficient (Wildman–Crippen LogP) is 4.78. The second-order valence-corrected chi connectivity index (χ2v) is 6.66. The summed E-state index contributed by atoms with van der Waals surface area (Å²) in [5.74, 6) is -1.06. The predicted molar refractivity (Wildman–Crippen MR) is 107 cm³/mol. The minimum atomic E-state index is -4.68. The molecule has 0 aliphatic carbocycles. The number of para-hydroxylation sites is 2. The smallest absolute Gasteiger partial charge is 0.449 e. The first kappa shape index (κ1) is 20.5. The van der Waals surface area contributed by atoms with Crippen LogP contribution in [0.5, 0.6) is 0 Å². The van der Waals surface area contributed by atoms with E-state index in [0.29, 0.717) is 16.6 Å². The van der Waals surface area contributed by atoms with Crippen molar-refractivity contribution in [2.45, 2.75) is 19.6 Å². The highest BCUT2D eigenvalue weighted by Gasteiger charge is 2.37. The van der Waals surface area contributed by atoms with Crippen molar-refractivity contribution in [3.05, 3.63) is 70.3 Å². The molecule has 1 amide bonds. The summed E-state index contributed by atoms with van der Waals surface area (Å²) < 4.78 is 51.8. The molecule has 0 saturated carbocycles. The summed E-state index contributed by atoms with van der Waals surface area (Å²) >= 11 is 0. The highest BCUT2D eigenvalue weighted by molar-refractivity contribution is 5.90. The molecule has 1 N–H and O–H groups in total.